The Kier molecular flexibility index (Phi) is 5.08. The third-order valence-corrected chi connectivity index (χ3v) is 2.84. The molecule has 1 rings (SSSR count). The van der Waals surface area contributed by atoms with Gasteiger partial charge in [-0.25, -0.2) is 0 Å². The lowest BCUT2D eigenvalue weighted by atomic mass is 9.97. The molecule has 0 saturated heterocycles. The quantitative estimate of drug-likeness (QED) is 0.411. The van der Waals surface area contributed by atoms with Gasteiger partial charge in [-0.3, -0.25) is 0 Å². The van der Waals surface area contributed by atoms with Gasteiger partial charge in [-0.1, -0.05) is 17.6 Å². The highest BCUT2D eigenvalue weighted by Crippen LogP contribution is 2.18. The van der Waals surface area contributed by atoms with Crippen molar-refractivity contribution in [1.29, 1.82) is 0 Å². The maximum Gasteiger partial charge on any atom is 0.166 e. The molecule has 0 amide bonds. The summed E-state index contributed by atoms with van der Waals surface area (Å²) >= 11 is 1.68. The number of benzene rings is 1. The minimum atomic E-state index is -0.155. The van der Waals surface area contributed by atoms with Crippen LogP contribution in [0.1, 0.15) is 0 Å². The number of hydrogen-bond donors (Lipinski definition) is 0. The fraction of sp³-hybridized carbons (Fsp3) is 0.400. The van der Waals surface area contributed by atoms with Gasteiger partial charge in [0.25, 0.3) is 0 Å². The molecule has 0 aliphatic heterocycles. The summed E-state index contributed by atoms with van der Waals surface area (Å²) in [6, 6.07) is 7.75. The van der Waals surface area contributed by atoms with Crippen LogP contribution in [0.5, 0.6) is 0 Å². The van der Waals surface area contributed by atoms with Crippen LogP contribution in [0.25, 0.3) is 0 Å². The topological polar surface area (TPSA) is 18.5 Å². The highest BCUT2D eigenvalue weighted by molar-refractivity contribution is 7.99. The van der Waals surface area contributed by atoms with E-state index in [1.54, 1.807) is 26.0 Å². The van der Waals surface area contributed by atoms with Gasteiger partial charge < -0.3 is 9.47 Å². The van der Waals surface area contributed by atoms with Crippen molar-refractivity contribution in [2.24, 2.45) is 0 Å². The Bertz CT molecular complexity index is 259. The molecule has 0 aliphatic rings. The number of hydrogen-bond acceptors (Lipinski definition) is 3. The minimum Gasteiger partial charge on any atom is -0.355 e. The number of rotatable bonds is 5. The van der Waals surface area contributed by atoms with Gasteiger partial charge in [-0.2, -0.15) is 0 Å². The molecule has 0 atom stereocenters. The van der Waals surface area contributed by atoms with Crippen LogP contribution in [0.15, 0.2) is 29.2 Å². The second kappa shape index (κ2) is 6.12. The van der Waals surface area contributed by atoms with E-state index in [1.165, 1.54) is 4.90 Å². The fourth-order valence-electron chi connectivity index (χ4n) is 0.961. The highest BCUT2D eigenvalue weighted by atomic mass is 32.2. The van der Waals surface area contributed by atoms with E-state index in [4.69, 9.17) is 17.3 Å². The van der Waals surface area contributed by atoms with Crippen molar-refractivity contribution in [1.82, 2.24) is 0 Å². The van der Waals surface area contributed by atoms with Gasteiger partial charge in [0, 0.05) is 24.9 Å². The van der Waals surface area contributed by atoms with Crippen LogP contribution >= 0.6 is 11.8 Å². The molecule has 14 heavy (non-hydrogen) atoms. The molecular formula is C10H13BO2S. The van der Waals surface area contributed by atoms with Gasteiger partial charge in [0.2, 0.25) is 0 Å². The standard InChI is InChI=1S/C10H13BO2S/c1-12-10(13-2)7-14-9-5-3-8(11)4-6-9/h3-6,10H,7H2,1-2H3. The Morgan fingerprint density at radius 3 is 2.29 bits per heavy atom. The molecule has 0 spiro atoms. The summed E-state index contributed by atoms with van der Waals surface area (Å²) in [5, 5.41) is 0. The Balaban J connectivity index is 2.41. The van der Waals surface area contributed by atoms with Crippen molar-refractivity contribution in [2.45, 2.75) is 11.2 Å². The van der Waals surface area contributed by atoms with Crippen LogP contribution in [-0.2, 0) is 9.47 Å². The SMILES string of the molecule is [B]c1ccc(SCC(OC)OC)cc1. The Labute approximate surface area is 90.4 Å². The van der Waals surface area contributed by atoms with Gasteiger partial charge in [0.1, 0.15) is 7.85 Å². The van der Waals surface area contributed by atoms with Crippen molar-refractivity contribution in [3.8, 4) is 0 Å². The first kappa shape index (κ1) is 11.6. The molecule has 0 aromatic heterocycles. The average molecular weight is 208 g/mol. The summed E-state index contributed by atoms with van der Waals surface area (Å²) in [6.07, 6.45) is -0.155. The van der Waals surface area contributed by atoms with E-state index in [1.807, 2.05) is 24.3 Å². The van der Waals surface area contributed by atoms with Crippen molar-refractivity contribution in [2.75, 3.05) is 20.0 Å². The lowest BCUT2D eigenvalue weighted by Crippen LogP contribution is -2.15. The van der Waals surface area contributed by atoms with E-state index >= 15 is 0 Å². The first-order valence-corrected chi connectivity index (χ1v) is 5.28. The molecule has 1 aromatic rings. The van der Waals surface area contributed by atoms with Crippen molar-refractivity contribution < 1.29 is 9.47 Å². The zero-order valence-electron chi connectivity index (χ0n) is 8.40. The Morgan fingerprint density at radius 1 is 1.21 bits per heavy atom. The first-order chi connectivity index (χ1) is 6.76. The Hall–Kier alpha value is -0.445. The molecule has 4 heteroatoms. The Morgan fingerprint density at radius 2 is 1.79 bits per heavy atom. The normalized spacial score (nSPS) is 10.8. The first-order valence-electron chi connectivity index (χ1n) is 4.30. The van der Waals surface area contributed by atoms with Crippen molar-refractivity contribution in [3.05, 3.63) is 24.3 Å². The van der Waals surface area contributed by atoms with Crippen molar-refractivity contribution in [3.63, 3.8) is 0 Å². The van der Waals surface area contributed by atoms with E-state index in [-0.39, 0.29) is 6.29 Å². The second-order valence-corrected chi connectivity index (χ2v) is 3.87. The minimum absolute atomic E-state index is 0.155. The van der Waals surface area contributed by atoms with Gasteiger partial charge in [-0.15, -0.1) is 11.8 Å². The molecule has 0 fully saturated rings. The molecule has 0 heterocycles. The van der Waals surface area contributed by atoms with Gasteiger partial charge >= 0.3 is 0 Å². The van der Waals surface area contributed by atoms with Gasteiger partial charge in [0.15, 0.2) is 6.29 Å². The van der Waals surface area contributed by atoms with Crippen LogP contribution in [0.2, 0.25) is 0 Å². The maximum absolute atomic E-state index is 5.58. The molecule has 74 valence electrons. The zero-order valence-corrected chi connectivity index (χ0v) is 9.21. The molecule has 0 N–H and O–H groups in total. The summed E-state index contributed by atoms with van der Waals surface area (Å²) in [4.78, 5) is 1.17. The lowest BCUT2D eigenvalue weighted by molar-refractivity contribution is -0.0842. The van der Waals surface area contributed by atoms with Crippen molar-refractivity contribution >= 4 is 25.1 Å². The molecule has 1 aromatic carbocycles. The predicted octanol–water partition coefficient (Wildman–Crippen LogP) is 1.19. The number of methoxy groups -OCH3 is 2. The molecule has 0 unspecified atom stereocenters. The van der Waals surface area contributed by atoms with E-state index in [2.05, 4.69) is 0 Å². The number of thioether (sulfide) groups is 1. The van der Waals surface area contributed by atoms with Crippen LogP contribution in [0.3, 0.4) is 0 Å². The third kappa shape index (κ3) is 3.74. The van der Waals surface area contributed by atoms with E-state index in [0.29, 0.717) is 0 Å². The summed E-state index contributed by atoms with van der Waals surface area (Å²) in [7, 11) is 8.85. The van der Waals surface area contributed by atoms with Gasteiger partial charge in [-0.05, 0) is 12.1 Å². The van der Waals surface area contributed by atoms with Crippen LogP contribution < -0.4 is 5.46 Å². The monoisotopic (exact) mass is 208 g/mol. The predicted molar refractivity (Wildman–Crippen MR) is 60.4 cm³/mol. The summed E-state index contributed by atoms with van der Waals surface area (Å²) in [5.41, 5.74) is 0.782. The largest absolute Gasteiger partial charge is 0.355 e. The maximum atomic E-state index is 5.58. The van der Waals surface area contributed by atoms with E-state index < -0.39 is 0 Å². The van der Waals surface area contributed by atoms with E-state index in [0.717, 1.165) is 11.2 Å². The molecule has 2 nitrogen and oxygen atoms in total. The van der Waals surface area contributed by atoms with Crippen LogP contribution in [0.4, 0.5) is 0 Å². The van der Waals surface area contributed by atoms with Crippen LogP contribution in [0, 0.1) is 0 Å². The van der Waals surface area contributed by atoms with Gasteiger partial charge in [0.05, 0.1) is 0 Å². The highest BCUT2D eigenvalue weighted by Gasteiger charge is 2.04. The molecule has 2 radical (unpaired) electrons. The molecule has 0 saturated carbocycles. The molecule has 0 aliphatic carbocycles. The number of ether oxygens (including phenoxy) is 2. The molecular weight excluding hydrogens is 195 g/mol. The second-order valence-electron chi connectivity index (χ2n) is 2.78. The zero-order chi connectivity index (χ0) is 10.4. The van der Waals surface area contributed by atoms with E-state index in [9.17, 15) is 0 Å². The van der Waals surface area contributed by atoms with Crippen LogP contribution in [-0.4, -0.2) is 34.1 Å². The third-order valence-electron chi connectivity index (χ3n) is 1.79. The fourth-order valence-corrected chi connectivity index (χ4v) is 1.89. The molecule has 0 bridgehead atoms. The lowest BCUT2D eigenvalue weighted by Gasteiger charge is -2.12. The average Bonchev–Trinajstić information content (AvgIpc) is 2.22. The summed E-state index contributed by atoms with van der Waals surface area (Å²) in [6.45, 7) is 0. The summed E-state index contributed by atoms with van der Waals surface area (Å²) in [5.74, 6) is 0.775. The summed E-state index contributed by atoms with van der Waals surface area (Å²) < 4.78 is 10.2. The smallest absolute Gasteiger partial charge is 0.166 e.